The summed E-state index contributed by atoms with van der Waals surface area (Å²) in [6.45, 7) is 6.94. The highest BCUT2D eigenvalue weighted by molar-refractivity contribution is 5.90. The number of hydrogen-bond donors (Lipinski definition) is 1. The number of unbranched alkanes of at least 4 members (excludes halogenated alkanes) is 26. The van der Waals surface area contributed by atoms with Crippen molar-refractivity contribution in [2.24, 2.45) is 0 Å². The van der Waals surface area contributed by atoms with Crippen molar-refractivity contribution in [3.8, 4) is 5.75 Å². The van der Waals surface area contributed by atoms with E-state index in [0.717, 1.165) is 11.6 Å². The summed E-state index contributed by atoms with van der Waals surface area (Å²) in [5, 5.41) is 29.0. The summed E-state index contributed by atoms with van der Waals surface area (Å²) in [4.78, 5) is 20.2. The Morgan fingerprint density at radius 3 is 1.06 bits per heavy atom. The number of pyridine rings is 2. The quantitative estimate of drug-likeness (QED) is 0.0291. The molecule has 4 aromatic rings. The third-order valence-electron chi connectivity index (χ3n) is 11.4. The molecule has 0 aliphatic carbocycles. The van der Waals surface area contributed by atoms with E-state index in [1.165, 1.54) is 223 Å². The van der Waals surface area contributed by atoms with Gasteiger partial charge in [0, 0.05) is 37.1 Å². The largest absolute Gasteiger partial charge is 0.872 e. The van der Waals surface area contributed by atoms with Gasteiger partial charge in [0.15, 0.2) is 24.8 Å². The molecule has 0 fully saturated rings. The SMILES string of the molecule is CCCCCCCCCCCCCCCC[n+]1ccccc1.CCCCCCCCCCCCCCCC[n+]1ccccc1.O=C(O)c1ccccc1[O-].O=C([O-])C=Cc1ccccc1. The van der Waals surface area contributed by atoms with E-state index in [9.17, 15) is 19.8 Å². The number of rotatable bonds is 33. The highest BCUT2D eigenvalue weighted by Crippen LogP contribution is 2.15. The molecule has 65 heavy (non-hydrogen) atoms. The molecule has 1 N–H and O–H groups in total. The first kappa shape index (κ1) is 58.2. The Bertz CT molecular complexity index is 1600. The second-order valence-electron chi connectivity index (χ2n) is 17.3. The average Bonchev–Trinajstić information content (AvgIpc) is 3.33. The van der Waals surface area contributed by atoms with Gasteiger partial charge in [-0.3, -0.25) is 0 Å². The summed E-state index contributed by atoms with van der Waals surface area (Å²) in [5.41, 5.74) is 0.680. The van der Waals surface area contributed by atoms with Gasteiger partial charge in [0.1, 0.15) is 13.1 Å². The summed E-state index contributed by atoms with van der Waals surface area (Å²) in [6.07, 6.45) is 51.3. The van der Waals surface area contributed by atoms with Crippen molar-refractivity contribution < 1.29 is 34.0 Å². The van der Waals surface area contributed by atoms with Gasteiger partial charge in [-0.15, -0.1) is 0 Å². The first-order valence-electron chi connectivity index (χ1n) is 25.7. The van der Waals surface area contributed by atoms with Gasteiger partial charge in [0.05, 0.1) is 11.5 Å². The number of aromatic nitrogens is 2. The smallest absolute Gasteiger partial charge is 0.335 e. The lowest BCUT2D eigenvalue weighted by Gasteiger charge is -2.07. The van der Waals surface area contributed by atoms with Gasteiger partial charge in [0.2, 0.25) is 0 Å². The number of nitrogens with zero attached hydrogens (tertiary/aromatic N) is 2. The molecule has 0 spiro atoms. The van der Waals surface area contributed by atoms with Crippen LogP contribution in [-0.4, -0.2) is 17.0 Å². The minimum Gasteiger partial charge on any atom is -0.872 e. The fourth-order valence-electron chi connectivity index (χ4n) is 7.52. The molecule has 0 aliphatic heterocycles. The van der Waals surface area contributed by atoms with Crippen LogP contribution in [0.3, 0.4) is 0 Å². The van der Waals surface area contributed by atoms with Crippen molar-refractivity contribution in [2.45, 2.75) is 207 Å². The maximum absolute atomic E-state index is 10.7. The van der Waals surface area contributed by atoms with Crippen LogP contribution in [0.25, 0.3) is 6.08 Å². The predicted octanol–water partition coefficient (Wildman–Crippen LogP) is 13.8. The van der Waals surface area contributed by atoms with Gasteiger partial charge in [-0.2, -0.15) is 0 Å². The molecular weight excluding hydrogens is 805 g/mol. The lowest BCUT2D eigenvalue weighted by Crippen LogP contribution is -2.32. The number of carbonyl (C=O) groups excluding carboxylic acids is 1. The van der Waals surface area contributed by atoms with E-state index < -0.39 is 17.7 Å². The van der Waals surface area contributed by atoms with E-state index in [0.29, 0.717) is 0 Å². The Morgan fingerprint density at radius 1 is 0.446 bits per heavy atom. The number of aromatic carboxylic acids is 1. The summed E-state index contributed by atoms with van der Waals surface area (Å²) in [5.74, 6) is -2.80. The van der Waals surface area contributed by atoms with E-state index >= 15 is 0 Å². The number of para-hydroxylation sites is 1. The predicted molar refractivity (Wildman–Crippen MR) is 267 cm³/mol. The topological polar surface area (TPSA) is 108 Å². The summed E-state index contributed by atoms with van der Waals surface area (Å²) in [6, 6.07) is 27.4. The van der Waals surface area contributed by atoms with Crippen LogP contribution >= 0.6 is 0 Å². The van der Waals surface area contributed by atoms with Gasteiger partial charge < -0.3 is 20.1 Å². The number of benzene rings is 2. The van der Waals surface area contributed by atoms with Crippen LogP contribution in [0, 0.1) is 0 Å². The van der Waals surface area contributed by atoms with Crippen LogP contribution in [0.4, 0.5) is 0 Å². The Kier molecular flexibility index (Phi) is 39.8. The first-order valence-corrected chi connectivity index (χ1v) is 25.7. The Morgan fingerprint density at radius 2 is 0.754 bits per heavy atom. The van der Waals surface area contributed by atoms with Crippen molar-refractivity contribution in [2.75, 3.05) is 0 Å². The van der Waals surface area contributed by atoms with Crippen LogP contribution in [0.15, 0.2) is 122 Å². The number of carbonyl (C=O) groups is 2. The van der Waals surface area contributed by atoms with E-state index in [4.69, 9.17) is 5.11 Å². The molecule has 360 valence electrons. The fourth-order valence-corrected chi connectivity index (χ4v) is 7.52. The molecule has 2 aromatic carbocycles. The minimum absolute atomic E-state index is 0.178. The lowest BCUT2D eigenvalue weighted by atomic mass is 10.0. The van der Waals surface area contributed by atoms with Gasteiger partial charge in [-0.1, -0.05) is 240 Å². The van der Waals surface area contributed by atoms with Crippen molar-refractivity contribution in [1.29, 1.82) is 0 Å². The molecule has 0 unspecified atom stereocenters. The van der Waals surface area contributed by atoms with Gasteiger partial charge in [0.25, 0.3) is 0 Å². The van der Waals surface area contributed by atoms with Crippen LogP contribution in [-0.2, 0) is 17.9 Å². The molecule has 2 heterocycles. The third kappa shape index (κ3) is 38.2. The number of aliphatic carboxylic acids is 1. The highest BCUT2D eigenvalue weighted by atomic mass is 16.4. The number of aryl methyl sites for hydroxylation is 2. The van der Waals surface area contributed by atoms with Crippen molar-refractivity contribution in [3.05, 3.63) is 133 Å². The third-order valence-corrected chi connectivity index (χ3v) is 11.4. The zero-order chi connectivity index (χ0) is 47.1. The van der Waals surface area contributed by atoms with Gasteiger partial charge in [-0.25, -0.2) is 13.9 Å². The monoisotopic (exact) mass is 893 g/mol. The van der Waals surface area contributed by atoms with Gasteiger partial charge in [-0.05, 0) is 30.5 Å². The molecule has 0 saturated heterocycles. The Balaban J connectivity index is 0.000000458. The molecule has 0 atom stereocenters. The van der Waals surface area contributed by atoms with Crippen molar-refractivity contribution in [3.63, 3.8) is 0 Å². The molecule has 0 aliphatic rings. The van der Waals surface area contributed by atoms with Crippen LogP contribution in [0.5, 0.6) is 5.75 Å². The summed E-state index contributed by atoms with van der Waals surface area (Å²) >= 11 is 0. The summed E-state index contributed by atoms with van der Waals surface area (Å²) < 4.78 is 4.58. The molecule has 4 rings (SSSR count). The first-order chi connectivity index (χ1) is 31.9. The van der Waals surface area contributed by atoms with E-state index in [-0.39, 0.29) is 5.56 Å². The van der Waals surface area contributed by atoms with Crippen LogP contribution < -0.4 is 19.3 Å². The molecule has 0 amide bonds. The molecule has 0 bridgehead atoms. The normalized spacial score (nSPS) is 10.6. The Hall–Kier alpha value is -4.78. The standard InChI is InChI=1S/2C21H38N.C9H8O2.C7H6O3/c2*1-2-3-4-5-6-7-8-9-10-11-12-13-14-16-19-22-20-17-15-18-21-22;10-9(11)7-6-8-4-2-1-3-5-8;8-6-4-2-1-3-5(6)7(9)10/h2*15,17-18,20-21H,2-14,16,19H2,1H3;1-7H,(H,10,11);1-4,8H,(H,9,10)/q2*+1;;/p-2. The van der Waals surface area contributed by atoms with E-state index in [1.54, 1.807) is 0 Å². The molecule has 0 radical (unpaired) electrons. The fraction of sp³-hybridized carbons (Fsp3) is 0.552. The maximum atomic E-state index is 10.7. The molecule has 7 nitrogen and oxygen atoms in total. The van der Waals surface area contributed by atoms with E-state index in [2.05, 4.69) is 84.2 Å². The second-order valence-corrected chi connectivity index (χ2v) is 17.3. The zero-order valence-electron chi connectivity index (χ0n) is 40.8. The molecule has 2 aromatic heterocycles. The van der Waals surface area contributed by atoms with Crippen molar-refractivity contribution in [1.82, 2.24) is 0 Å². The van der Waals surface area contributed by atoms with Crippen LogP contribution in [0.1, 0.15) is 210 Å². The molecule has 7 heteroatoms. The van der Waals surface area contributed by atoms with E-state index in [1.807, 2.05) is 30.3 Å². The van der Waals surface area contributed by atoms with Crippen LogP contribution in [0.2, 0.25) is 0 Å². The second kappa shape index (κ2) is 44.4. The zero-order valence-corrected chi connectivity index (χ0v) is 40.8. The van der Waals surface area contributed by atoms with Crippen molar-refractivity contribution >= 4 is 18.0 Å². The Labute approximate surface area is 396 Å². The number of carboxylic acid groups (broad SMARTS) is 2. The molecular formula is C58H88N2O5. The minimum atomic E-state index is -1.18. The average molecular weight is 893 g/mol. The number of hydrogen-bond acceptors (Lipinski definition) is 4. The van der Waals surface area contributed by atoms with Gasteiger partial charge >= 0.3 is 5.97 Å². The lowest BCUT2D eigenvalue weighted by molar-refractivity contribution is -0.697. The summed E-state index contributed by atoms with van der Waals surface area (Å²) in [7, 11) is 0. The maximum Gasteiger partial charge on any atom is 0.335 e. The molecule has 0 saturated carbocycles. The highest BCUT2D eigenvalue weighted by Gasteiger charge is 2.01. The number of carboxylic acids is 2.